The fraction of sp³-hybridized carbons (Fsp3) is 0.643. The minimum absolute atomic E-state index is 0.723. The molecule has 3 heteroatoms. The second-order valence-corrected chi connectivity index (χ2v) is 5.20. The van der Waals surface area contributed by atoms with Crippen LogP contribution in [0.15, 0.2) is 24.4 Å². The van der Waals surface area contributed by atoms with E-state index >= 15 is 0 Å². The van der Waals surface area contributed by atoms with Crippen molar-refractivity contribution < 1.29 is 0 Å². The van der Waals surface area contributed by atoms with E-state index in [-0.39, 0.29) is 0 Å². The molecule has 1 N–H and O–H groups in total. The van der Waals surface area contributed by atoms with Crippen molar-refractivity contribution in [2.24, 2.45) is 0 Å². The molecule has 2 atom stereocenters. The van der Waals surface area contributed by atoms with Crippen molar-refractivity contribution in [2.45, 2.75) is 44.3 Å². The Hall–Kier alpha value is -0.930. The van der Waals surface area contributed by atoms with Gasteiger partial charge in [-0.25, -0.2) is 0 Å². The molecule has 17 heavy (non-hydrogen) atoms. The van der Waals surface area contributed by atoms with E-state index in [9.17, 15) is 0 Å². The van der Waals surface area contributed by atoms with Crippen LogP contribution in [0.25, 0.3) is 0 Å². The molecule has 0 amide bonds. The van der Waals surface area contributed by atoms with E-state index in [2.05, 4.69) is 27.3 Å². The lowest BCUT2D eigenvalue weighted by Gasteiger charge is -2.29. The summed E-state index contributed by atoms with van der Waals surface area (Å²) in [6.45, 7) is 3.46. The molecule has 2 saturated heterocycles. The van der Waals surface area contributed by atoms with E-state index in [1.165, 1.54) is 44.5 Å². The molecule has 1 aromatic heterocycles. The fourth-order valence-electron chi connectivity index (χ4n) is 3.24. The van der Waals surface area contributed by atoms with Crippen LogP contribution in [0, 0.1) is 0 Å². The van der Waals surface area contributed by atoms with Crippen LogP contribution in [0.1, 0.15) is 31.4 Å². The first-order valence-electron chi connectivity index (χ1n) is 6.81. The molecule has 0 aliphatic carbocycles. The van der Waals surface area contributed by atoms with Gasteiger partial charge in [-0.2, -0.15) is 0 Å². The van der Waals surface area contributed by atoms with Gasteiger partial charge in [-0.15, -0.1) is 0 Å². The van der Waals surface area contributed by atoms with E-state index in [0.29, 0.717) is 0 Å². The molecule has 3 rings (SSSR count). The fourth-order valence-corrected chi connectivity index (χ4v) is 3.24. The molecular formula is C14H21N3. The molecule has 0 bridgehead atoms. The van der Waals surface area contributed by atoms with Crippen LogP contribution in [-0.4, -0.2) is 35.1 Å². The number of nitrogens with one attached hydrogen (secondary N) is 1. The summed E-state index contributed by atoms with van der Waals surface area (Å²) >= 11 is 0. The zero-order valence-corrected chi connectivity index (χ0v) is 10.3. The first-order chi connectivity index (χ1) is 8.43. The Kier molecular flexibility index (Phi) is 3.39. The standard InChI is InChI=1S/C14H21N3/c1-2-8-15-12(5-1)11-17-10-4-7-14(17)13-6-3-9-16-13/h1-2,5,8,13-14,16H,3-4,6-7,9-11H2. The van der Waals surface area contributed by atoms with Crippen LogP contribution < -0.4 is 5.32 Å². The smallest absolute Gasteiger partial charge is 0.0544 e. The Morgan fingerprint density at radius 1 is 1.29 bits per heavy atom. The van der Waals surface area contributed by atoms with E-state index in [1.54, 1.807) is 0 Å². The molecule has 3 nitrogen and oxygen atoms in total. The van der Waals surface area contributed by atoms with Crippen molar-refractivity contribution in [2.75, 3.05) is 13.1 Å². The topological polar surface area (TPSA) is 28.2 Å². The molecule has 0 spiro atoms. The molecule has 3 heterocycles. The highest BCUT2D eigenvalue weighted by Crippen LogP contribution is 2.25. The summed E-state index contributed by atoms with van der Waals surface area (Å²) in [4.78, 5) is 7.06. The summed E-state index contributed by atoms with van der Waals surface area (Å²) in [6, 6.07) is 7.67. The maximum atomic E-state index is 4.44. The van der Waals surface area contributed by atoms with E-state index in [1.807, 2.05) is 12.3 Å². The van der Waals surface area contributed by atoms with Crippen molar-refractivity contribution in [3.63, 3.8) is 0 Å². The quantitative estimate of drug-likeness (QED) is 0.860. The summed E-state index contributed by atoms with van der Waals surface area (Å²) in [5, 5.41) is 3.65. The lowest BCUT2D eigenvalue weighted by Crippen LogP contribution is -2.43. The third-order valence-corrected chi connectivity index (χ3v) is 4.07. The average Bonchev–Trinajstić information content (AvgIpc) is 3.00. The van der Waals surface area contributed by atoms with Gasteiger partial charge in [0.1, 0.15) is 0 Å². The Morgan fingerprint density at radius 2 is 2.29 bits per heavy atom. The summed E-state index contributed by atoms with van der Waals surface area (Å²) in [5.74, 6) is 0. The molecule has 0 radical (unpaired) electrons. The average molecular weight is 231 g/mol. The first-order valence-corrected chi connectivity index (χ1v) is 6.81. The summed E-state index contributed by atoms with van der Waals surface area (Å²) in [6.07, 6.45) is 7.29. The van der Waals surface area contributed by atoms with E-state index in [4.69, 9.17) is 0 Å². The van der Waals surface area contributed by atoms with E-state index < -0.39 is 0 Å². The minimum Gasteiger partial charge on any atom is -0.312 e. The van der Waals surface area contributed by atoms with Crippen molar-refractivity contribution in [3.8, 4) is 0 Å². The van der Waals surface area contributed by atoms with Gasteiger partial charge in [0.2, 0.25) is 0 Å². The molecule has 2 aliphatic heterocycles. The molecular weight excluding hydrogens is 210 g/mol. The first kappa shape index (κ1) is 11.2. The van der Waals surface area contributed by atoms with Crippen LogP contribution in [-0.2, 0) is 6.54 Å². The highest BCUT2D eigenvalue weighted by atomic mass is 15.2. The SMILES string of the molecule is c1ccc(CN2CCCC2C2CCCN2)nc1. The van der Waals surface area contributed by atoms with Crippen LogP contribution in [0.5, 0.6) is 0 Å². The molecule has 2 aliphatic rings. The Morgan fingerprint density at radius 3 is 3.06 bits per heavy atom. The van der Waals surface area contributed by atoms with Crippen molar-refractivity contribution in [1.29, 1.82) is 0 Å². The van der Waals surface area contributed by atoms with Gasteiger partial charge in [0.15, 0.2) is 0 Å². The van der Waals surface area contributed by atoms with E-state index in [0.717, 1.165) is 18.6 Å². The third-order valence-electron chi connectivity index (χ3n) is 4.07. The second kappa shape index (κ2) is 5.15. The van der Waals surface area contributed by atoms with Gasteiger partial charge in [0.25, 0.3) is 0 Å². The second-order valence-electron chi connectivity index (χ2n) is 5.20. The molecule has 0 aromatic carbocycles. The predicted molar refractivity (Wildman–Crippen MR) is 68.7 cm³/mol. The molecule has 92 valence electrons. The van der Waals surface area contributed by atoms with Crippen molar-refractivity contribution in [3.05, 3.63) is 30.1 Å². The van der Waals surface area contributed by atoms with Crippen LogP contribution in [0.2, 0.25) is 0 Å². The summed E-state index contributed by atoms with van der Waals surface area (Å²) in [5.41, 5.74) is 1.21. The number of rotatable bonds is 3. The summed E-state index contributed by atoms with van der Waals surface area (Å²) in [7, 11) is 0. The normalized spacial score (nSPS) is 29.9. The molecule has 2 fully saturated rings. The third kappa shape index (κ3) is 2.50. The Labute approximate surface area is 103 Å². The van der Waals surface area contributed by atoms with Crippen LogP contribution in [0.4, 0.5) is 0 Å². The zero-order chi connectivity index (χ0) is 11.5. The largest absolute Gasteiger partial charge is 0.312 e. The van der Waals surface area contributed by atoms with Crippen LogP contribution in [0.3, 0.4) is 0 Å². The number of likely N-dealkylation sites (tertiary alicyclic amines) is 1. The highest BCUT2D eigenvalue weighted by molar-refractivity contribution is 5.05. The van der Waals surface area contributed by atoms with Crippen molar-refractivity contribution in [1.82, 2.24) is 15.2 Å². The predicted octanol–water partition coefficient (Wildman–Crippen LogP) is 1.80. The summed E-state index contributed by atoms with van der Waals surface area (Å²) < 4.78 is 0. The molecule has 1 aromatic rings. The van der Waals surface area contributed by atoms with Gasteiger partial charge < -0.3 is 5.32 Å². The maximum Gasteiger partial charge on any atom is 0.0544 e. The lowest BCUT2D eigenvalue weighted by molar-refractivity contribution is 0.204. The van der Waals surface area contributed by atoms with Gasteiger partial charge in [-0.1, -0.05) is 6.07 Å². The maximum absolute atomic E-state index is 4.44. The van der Waals surface area contributed by atoms with Gasteiger partial charge in [0.05, 0.1) is 5.69 Å². The van der Waals surface area contributed by atoms with Gasteiger partial charge in [-0.3, -0.25) is 9.88 Å². The van der Waals surface area contributed by atoms with Gasteiger partial charge in [0, 0.05) is 24.8 Å². The van der Waals surface area contributed by atoms with Crippen LogP contribution >= 0.6 is 0 Å². The monoisotopic (exact) mass is 231 g/mol. The minimum atomic E-state index is 0.723. The highest BCUT2D eigenvalue weighted by Gasteiger charge is 2.32. The number of hydrogen-bond acceptors (Lipinski definition) is 3. The number of aromatic nitrogens is 1. The lowest BCUT2D eigenvalue weighted by atomic mass is 10.0. The Bertz CT molecular complexity index is 346. The van der Waals surface area contributed by atoms with Crippen molar-refractivity contribution >= 4 is 0 Å². The number of hydrogen-bond donors (Lipinski definition) is 1. The molecule has 0 saturated carbocycles. The van der Waals surface area contributed by atoms with Gasteiger partial charge >= 0.3 is 0 Å². The number of nitrogens with zero attached hydrogens (tertiary/aromatic N) is 2. The molecule has 2 unspecified atom stereocenters. The Balaban J connectivity index is 1.65. The van der Waals surface area contributed by atoms with Gasteiger partial charge in [-0.05, 0) is 50.9 Å². The number of pyridine rings is 1. The zero-order valence-electron chi connectivity index (χ0n) is 10.3.